The zero-order chi connectivity index (χ0) is 13.9. The van der Waals surface area contributed by atoms with E-state index in [-0.39, 0.29) is 5.91 Å². The number of amides is 1. The van der Waals surface area contributed by atoms with Gasteiger partial charge in [-0.05, 0) is 18.5 Å². The summed E-state index contributed by atoms with van der Waals surface area (Å²) in [5, 5.41) is 9.29. The monoisotopic (exact) mass is 302 g/mol. The zero-order valence-corrected chi connectivity index (χ0v) is 12.2. The van der Waals surface area contributed by atoms with Gasteiger partial charge < -0.3 is 0 Å². The van der Waals surface area contributed by atoms with Gasteiger partial charge in [-0.1, -0.05) is 34.8 Å². The van der Waals surface area contributed by atoms with E-state index in [4.69, 9.17) is 0 Å². The van der Waals surface area contributed by atoms with Crippen LogP contribution in [0.15, 0.2) is 35.7 Å². The summed E-state index contributed by atoms with van der Waals surface area (Å²) in [6.45, 7) is 1.88. The first-order valence-electron chi connectivity index (χ1n) is 5.85. The van der Waals surface area contributed by atoms with E-state index in [9.17, 15) is 4.79 Å². The molecule has 0 radical (unpaired) electrons. The Kier molecular flexibility index (Phi) is 3.53. The van der Waals surface area contributed by atoms with Crippen molar-refractivity contribution in [3.63, 3.8) is 0 Å². The highest BCUT2D eigenvalue weighted by molar-refractivity contribution is 7.14. The highest BCUT2D eigenvalue weighted by Gasteiger charge is 2.18. The summed E-state index contributed by atoms with van der Waals surface area (Å²) in [4.78, 5) is 17.0. The lowest BCUT2D eigenvalue weighted by Crippen LogP contribution is -2.11. The summed E-state index contributed by atoms with van der Waals surface area (Å²) in [5.41, 5.74) is 2.36. The second-order valence-corrected chi connectivity index (χ2v) is 5.68. The molecule has 1 aromatic carbocycles. The fourth-order valence-corrected chi connectivity index (χ4v) is 2.96. The van der Waals surface area contributed by atoms with E-state index in [0.29, 0.717) is 15.7 Å². The number of nitrogens with one attached hydrogen (secondary N) is 1. The number of aryl methyl sites for hydroxylation is 1. The molecule has 0 spiro atoms. The maximum absolute atomic E-state index is 12.3. The quantitative estimate of drug-likeness (QED) is 0.806. The molecule has 2 heterocycles. The summed E-state index contributed by atoms with van der Waals surface area (Å²) < 4.78 is 3.88. The number of aromatic nitrogens is 3. The maximum Gasteiger partial charge on any atom is 0.271 e. The highest BCUT2D eigenvalue weighted by Crippen LogP contribution is 2.25. The van der Waals surface area contributed by atoms with Crippen LogP contribution >= 0.6 is 22.9 Å². The normalized spacial score (nSPS) is 10.4. The van der Waals surface area contributed by atoms with Crippen LogP contribution in [-0.4, -0.2) is 20.5 Å². The Morgan fingerprint density at radius 3 is 2.75 bits per heavy atom. The molecule has 3 aromatic rings. The molecule has 0 bridgehead atoms. The lowest BCUT2D eigenvalue weighted by atomic mass is 10.1. The van der Waals surface area contributed by atoms with Crippen molar-refractivity contribution in [2.75, 3.05) is 5.32 Å². The molecule has 3 rings (SSSR count). The van der Waals surface area contributed by atoms with Crippen LogP contribution in [0, 0.1) is 6.92 Å². The Bertz CT molecular complexity index is 736. The van der Waals surface area contributed by atoms with Crippen LogP contribution in [0.5, 0.6) is 0 Å². The van der Waals surface area contributed by atoms with Crippen molar-refractivity contribution < 1.29 is 4.79 Å². The van der Waals surface area contributed by atoms with Gasteiger partial charge >= 0.3 is 0 Å². The number of carbonyl (C=O) groups is 1. The number of rotatable bonds is 3. The van der Waals surface area contributed by atoms with E-state index >= 15 is 0 Å². The first kappa shape index (κ1) is 12.9. The molecule has 7 heteroatoms. The zero-order valence-electron chi connectivity index (χ0n) is 10.5. The molecule has 0 aliphatic rings. The van der Waals surface area contributed by atoms with Crippen LogP contribution < -0.4 is 5.32 Å². The van der Waals surface area contributed by atoms with E-state index in [1.807, 2.05) is 42.6 Å². The number of carbonyl (C=O) groups excluding carboxylic acids is 1. The van der Waals surface area contributed by atoms with Crippen molar-refractivity contribution in [2.45, 2.75) is 6.92 Å². The molecule has 0 atom stereocenters. The van der Waals surface area contributed by atoms with Gasteiger partial charge in [-0.25, -0.2) is 4.98 Å². The Morgan fingerprint density at radius 2 is 2.05 bits per heavy atom. The number of anilines is 1. The van der Waals surface area contributed by atoms with Crippen LogP contribution in [0.25, 0.3) is 11.3 Å². The smallest absolute Gasteiger partial charge is 0.271 e. The van der Waals surface area contributed by atoms with Crippen molar-refractivity contribution >= 4 is 33.9 Å². The lowest BCUT2D eigenvalue weighted by molar-refractivity contribution is 0.103. The van der Waals surface area contributed by atoms with Gasteiger partial charge in [0.05, 0.1) is 5.69 Å². The molecule has 0 fully saturated rings. The Balaban J connectivity index is 1.88. The second-order valence-electron chi connectivity index (χ2n) is 4.06. The number of thiazole rings is 1. The molecule has 5 nitrogen and oxygen atoms in total. The van der Waals surface area contributed by atoms with Gasteiger partial charge in [0, 0.05) is 10.9 Å². The fourth-order valence-electron chi connectivity index (χ4n) is 1.69. The highest BCUT2D eigenvalue weighted by atomic mass is 32.1. The maximum atomic E-state index is 12.3. The summed E-state index contributed by atoms with van der Waals surface area (Å²) in [7, 11) is 0. The van der Waals surface area contributed by atoms with Crippen LogP contribution in [-0.2, 0) is 0 Å². The van der Waals surface area contributed by atoms with Crippen molar-refractivity contribution in [1.29, 1.82) is 0 Å². The van der Waals surface area contributed by atoms with Crippen LogP contribution in [0.1, 0.15) is 15.4 Å². The topological polar surface area (TPSA) is 67.8 Å². The number of nitrogens with zero attached hydrogens (tertiary/aromatic N) is 3. The van der Waals surface area contributed by atoms with Gasteiger partial charge in [-0.2, -0.15) is 0 Å². The van der Waals surface area contributed by atoms with Gasteiger partial charge in [0.1, 0.15) is 10.6 Å². The molecule has 0 saturated carbocycles. The third-order valence-corrected chi connectivity index (χ3v) is 4.18. The second kappa shape index (κ2) is 5.48. The molecular weight excluding hydrogens is 292 g/mol. The molecule has 0 saturated heterocycles. The van der Waals surface area contributed by atoms with Crippen molar-refractivity contribution in [1.82, 2.24) is 14.6 Å². The molecule has 100 valence electrons. The predicted octanol–water partition coefficient (Wildman–Crippen LogP) is 3.22. The van der Waals surface area contributed by atoms with Crippen LogP contribution in [0.4, 0.5) is 5.13 Å². The predicted molar refractivity (Wildman–Crippen MR) is 80.1 cm³/mol. The van der Waals surface area contributed by atoms with Crippen LogP contribution in [0.2, 0.25) is 0 Å². The van der Waals surface area contributed by atoms with Crippen molar-refractivity contribution in [3.8, 4) is 11.3 Å². The van der Waals surface area contributed by atoms with E-state index in [2.05, 4.69) is 19.9 Å². The Hall–Kier alpha value is -2.12. The molecule has 2 aromatic heterocycles. The number of hydrogen-bond donors (Lipinski definition) is 1. The third-order valence-electron chi connectivity index (χ3n) is 2.58. The van der Waals surface area contributed by atoms with Gasteiger partial charge in [-0.15, -0.1) is 16.4 Å². The standard InChI is InChI=1S/C13H10N4OS2/c1-8-7-19-13(14-8)15-12(18)11-10(16-17-20-11)9-5-3-2-4-6-9/h2-7H,1H3,(H,14,15,18). The Labute approximate surface area is 123 Å². The summed E-state index contributed by atoms with van der Waals surface area (Å²) in [6, 6.07) is 9.53. The molecule has 0 unspecified atom stereocenters. The average Bonchev–Trinajstić information content (AvgIpc) is 3.09. The SMILES string of the molecule is Cc1csc(NC(=O)c2snnc2-c2ccccc2)n1. The number of benzene rings is 1. The molecule has 20 heavy (non-hydrogen) atoms. The number of hydrogen-bond acceptors (Lipinski definition) is 6. The van der Waals surface area contributed by atoms with E-state index in [1.165, 1.54) is 11.3 Å². The summed E-state index contributed by atoms with van der Waals surface area (Å²) in [5.74, 6) is -0.229. The van der Waals surface area contributed by atoms with Gasteiger partial charge in [0.2, 0.25) is 0 Å². The minimum Gasteiger partial charge on any atom is -0.297 e. The molecular formula is C13H10N4OS2. The molecule has 1 N–H and O–H groups in total. The van der Waals surface area contributed by atoms with Gasteiger partial charge in [0.25, 0.3) is 5.91 Å². The summed E-state index contributed by atoms with van der Waals surface area (Å²) >= 11 is 2.48. The minimum atomic E-state index is -0.229. The van der Waals surface area contributed by atoms with Crippen molar-refractivity contribution in [3.05, 3.63) is 46.3 Å². The summed E-state index contributed by atoms with van der Waals surface area (Å²) in [6.07, 6.45) is 0. The van der Waals surface area contributed by atoms with E-state index < -0.39 is 0 Å². The van der Waals surface area contributed by atoms with Gasteiger partial charge in [-0.3, -0.25) is 10.1 Å². The molecule has 0 aliphatic heterocycles. The van der Waals surface area contributed by atoms with E-state index in [1.54, 1.807) is 0 Å². The molecule has 1 amide bonds. The first-order valence-corrected chi connectivity index (χ1v) is 7.50. The lowest BCUT2D eigenvalue weighted by Gasteiger charge is -2.01. The molecule has 0 aliphatic carbocycles. The largest absolute Gasteiger partial charge is 0.297 e. The minimum absolute atomic E-state index is 0.229. The third kappa shape index (κ3) is 2.59. The average molecular weight is 302 g/mol. The first-order chi connectivity index (χ1) is 9.74. The Morgan fingerprint density at radius 1 is 1.25 bits per heavy atom. The fraction of sp³-hybridized carbons (Fsp3) is 0.0769. The van der Waals surface area contributed by atoms with Crippen LogP contribution in [0.3, 0.4) is 0 Å². The van der Waals surface area contributed by atoms with Gasteiger partial charge in [0.15, 0.2) is 5.13 Å². The van der Waals surface area contributed by atoms with E-state index in [0.717, 1.165) is 22.8 Å². The van der Waals surface area contributed by atoms with Crippen molar-refractivity contribution in [2.24, 2.45) is 0 Å².